The summed E-state index contributed by atoms with van der Waals surface area (Å²) < 4.78 is 0. The fourth-order valence-corrected chi connectivity index (χ4v) is 3.48. The van der Waals surface area contributed by atoms with Crippen molar-refractivity contribution in [2.45, 2.75) is 18.4 Å². The number of carbonyl (C=O) groups is 1. The number of anilines is 1. The molecule has 1 fully saturated rings. The van der Waals surface area contributed by atoms with Gasteiger partial charge in [0.15, 0.2) is 0 Å². The Kier molecular flexibility index (Phi) is 5.20. The van der Waals surface area contributed by atoms with Crippen LogP contribution >= 0.6 is 0 Å². The lowest BCUT2D eigenvalue weighted by atomic mass is 9.92. The van der Waals surface area contributed by atoms with E-state index in [1.165, 1.54) is 0 Å². The number of nitrogens with two attached hydrogens (primary N) is 1. The summed E-state index contributed by atoms with van der Waals surface area (Å²) in [5, 5.41) is 10.8. The molecule has 26 heavy (non-hydrogen) atoms. The highest BCUT2D eigenvalue weighted by atomic mass is 16.3. The normalized spacial score (nSPS) is 20.4. The van der Waals surface area contributed by atoms with E-state index in [9.17, 15) is 9.90 Å². The number of likely N-dealkylation sites (N-methyl/N-ethyl adjacent to an activating group) is 1. The zero-order valence-corrected chi connectivity index (χ0v) is 15.2. The number of nitrogen functional groups attached to an aromatic ring is 1. The van der Waals surface area contributed by atoms with Crippen LogP contribution in [0.2, 0.25) is 0 Å². The zero-order chi connectivity index (χ0) is 18.7. The van der Waals surface area contributed by atoms with E-state index in [0.29, 0.717) is 31.6 Å². The van der Waals surface area contributed by atoms with Crippen molar-refractivity contribution in [3.05, 3.63) is 42.2 Å². The number of hydrogen-bond acceptors (Lipinski definition) is 6. The topological polar surface area (TPSA) is 95.6 Å². The molecule has 0 spiro atoms. The van der Waals surface area contributed by atoms with Gasteiger partial charge in [0.25, 0.3) is 5.91 Å². The molecule has 7 heteroatoms. The Hall–Kier alpha value is -2.51. The van der Waals surface area contributed by atoms with Crippen LogP contribution in [0.5, 0.6) is 0 Å². The predicted molar refractivity (Wildman–Crippen MR) is 101 cm³/mol. The Morgan fingerprint density at radius 1 is 1.23 bits per heavy atom. The quantitative estimate of drug-likeness (QED) is 0.857. The van der Waals surface area contributed by atoms with Crippen LogP contribution in [0, 0.1) is 0 Å². The van der Waals surface area contributed by atoms with Crippen LogP contribution in [-0.4, -0.2) is 70.1 Å². The van der Waals surface area contributed by atoms with Crippen LogP contribution in [0.1, 0.15) is 23.2 Å². The van der Waals surface area contributed by atoms with Crippen molar-refractivity contribution in [3.63, 3.8) is 0 Å². The number of amides is 1. The first-order valence-electron chi connectivity index (χ1n) is 8.71. The van der Waals surface area contributed by atoms with Gasteiger partial charge in [-0.15, -0.1) is 0 Å². The standard InChI is InChI=1S/C19H25N5O2/c1-23(2)12-19(26)8-3-9-24(13-19)17(25)15-6-4-14(5-7-15)16-10-21-18(20)22-11-16/h4-7,10-11,26H,3,8-9,12-13H2,1-2H3,(H2,20,21,22)/t19-/m0/s1. The first kappa shape index (κ1) is 18.3. The molecule has 2 aromatic rings. The number of rotatable bonds is 4. The van der Waals surface area contributed by atoms with Crippen molar-refractivity contribution >= 4 is 11.9 Å². The van der Waals surface area contributed by atoms with E-state index in [1.54, 1.807) is 29.4 Å². The van der Waals surface area contributed by atoms with Gasteiger partial charge in [-0.05, 0) is 44.6 Å². The second-order valence-corrected chi connectivity index (χ2v) is 7.20. The van der Waals surface area contributed by atoms with E-state index >= 15 is 0 Å². The first-order chi connectivity index (χ1) is 12.4. The summed E-state index contributed by atoms with van der Waals surface area (Å²) >= 11 is 0. The van der Waals surface area contributed by atoms with Gasteiger partial charge in [-0.1, -0.05) is 12.1 Å². The van der Waals surface area contributed by atoms with Crippen molar-refractivity contribution in [1.82, 2.24) is 19.8 Å². The number of benzene rings is 1. The molecule has 0 bridgehead atoms. The first-order valence-corrected chi connectivity index (χ1v) is 8.71. The second kappa shape index (κ2) is 7.39. The molecular weight excluding hydrogens is 330 g/mol. The maximum absolute atomic E-state index is 12.8. The summed E-state index contributed by atoms with van der Waals surface area (Å²) in [5.41, 5.74) is 7.03. The van der Waals surface area contributed by atoms with E-state index in [1.807, 2.05) is 31.1 Å². The maximum Gasteiger partial charge on any atom is 0.253 e. The van der Waals surface area contributed by atoms with Crippen LogP contribution in [0.3, 0.4) is 0 Å². The van der Waals surface area contributed by atoms with Crippen molar-refractivity contribution in [2.24, 2.45) is 0 Å². The van der Waals surface area contributed by atoms with Crippen LogP contribution in [0.4, 0.5) is 5.95 Å². The molecule has 1 aromatic heterocycles. The number of likely N-dealkylation sites (tertiary alicyclic amines) is 1. The van der Waals surface area contributed by atoms with Crippen molar-refractivity contribution in [3.8, 4) is 11.1 Å². The lowest BCUT2D eigenvalue weighted by Gasteiger charge is -2.40. The Labute approximate surface area is 153 Å². The van der Waals surface area contributed by atoms with Gasteiger partial charge in [0.1, 0.15) is 0 Å². The van der Waals surface area contributed by atoms with Gasteiger partial charge in [0.05, 0.1) is 12.1 Å². The lowest BCUT2D eigenvalue weighted by Crippen LogP contribution is -2.54. The van der Waals surface area contributed by atoms with Crippen molar-refractivity contribution in [1.29, 1.82) is 0 Å². The second-order valence-electron chi connectivity index (χ2n) is 7.20. The van der Waals surface area contributed by atoms with Gasteiger partial charge in [-0.3, -0.25) is 4.79 Å². The predicted octanol–water partition coefficient (Wildman–Crippen LogP) is 1.25. The minimum atomic E-state index is -0.849. The minimum absolute atomic E-state index is 0.0537. The molecule has 1 aromatic carbocycles. The fraction of sp³-hybridized carbons (Fsp3) is 0.421. The molecule has 1 saturated heterocycles. The molecule has 3 rings (SSSR count). The number of carbonyl (C=O) groups excluding carboxylic acids is 1. The summed E-state index contributed by atoms with van der Waals surface area (Å²) in [7, 11) is 3.86. The molecule has 2 heterocycles. The Morgan fingerprint density at radius 2 is 1.88 bits per heavy atom. The third-order valence-corrected chi connectivity index (χ3v) is 4.59. The molecule has 0 radical (unpaired) electrons. The molecule has 0 aliphatic carbocycles. The SMILES string of the molecule is CN(C)C[C@@]1(O)CCCN(C(=O)c2ccc(-c3cnc(N)nc3)cc2)C1. The molecule has 7 nitrogen and oxygen atoms in total. The molecule has 3 N–H and O–H groups in total. The van der Waals surface area contributed by atoms with Gasteiger partial charge >= 0.3 is 0 Å². The maximum atomic E-state index is 12.8. The lowest BCUT2D eigenvalue weighted by molar-refractivity contribution is -0.0391. The van der Waals surface area contributed by atoms with Gasteiger partial charge in [-0.2, -0.15) is 0 Å². The van der Waals surface area contributed by atoms with E-state index in [2.05, 4.69) is 9.97 Å². The van der Waals surface area contributed by atoms with Crippen molar-refractivity contribution < 1.29 is 9.90 Å². The Morgan fingerprint density at radius 3 is 2.50 bits per heavy atom. The molecule has 1 aliphatic rings. The average molecular weight is 355 g/mol. The Bertz CT molecular complexity index is 761. The average Bonchev–Trinajstić information content (AvgIpc) is 2.61. The highest BCUT2D eigenvalue weighted by Crippen LogP contribution is 2.24. The summed E-state index contributed by atoms with van der Waals surface area (Å²) in [6, 6.07) is 7.34. The smallest absolute Gasteiger partial charge is 0.253 e. The third kappa shape index (κ3) is 4.17. The molecular formula is C19H25N5O2. The summed E-state index contributed by atoms with van der Waals surface area (Å²) in [6.07, 6.45) is 4.83. The zero-order valence-electron chi connectivity index (χ0n) is 15.2. The van der Waals surface area contributed by atoms with Crippen molar-refractivity contribution in [2.75, 3.05) is 39.5 Å². The number of hydrogen-bond donors (Lipinski definition) is 2. The fourth-order valence-electron chi connectivity index (χ4n) is 3.48. The summed E-state index contributed by atoms with van der Waals surface area (Å²) in [5.74, 6) is 0.179. The number of piperidine rings is 1. The van der Waals surface area contributed by atoms with Gasteiger partial charge < -0.3 is 20.6 Å². The molecule has 1 atom stereocenters. The molecule has 0 saturated carbocycles. The Balaban J connectivity index is 1.72. The van der Waals surface area contributed by atoms with Gasteiger partial charge in [0.2, 0.25) is 5.95 Å². The molecule has 1 aliphatic heterocycles. The summed E-state index contributed by atoms with van der Waals surface area (Å²) in [4.78, 5) is 24.5. The van der Waals surface area contributed by atoms with Gasteiger partial charge in [0, 0.05) is 36.6 Å². The highest BCUT2D eigenvalue weighted by Gasteiger charge is 2.35. The number of aliphatic hydroxyl groups is 1. The number of aromatic nitrogens is 2. The minimum Gasteiger partial charge on any atom is -0.387 e. The van der Waals surface area contributed by atoms with Crippen LogP contribution in [0.15, 0.2) is 36.7 Å². The van der Waals surface area contributed by atoms with Crippen LogP contribution in [-0.2, 0) is 0 Å². The number of nitrogens with zero attached hydrogens (tertiary/aromatic N) is 4. The highest BCUT2D eigenvalue weighted by molar-refractivity contribution is 5.94. The monoisotopic (exact) mass is 355 g/mol. The number of β-amino-alcohol motifs (C(OH)–C–C–N with tert-alkyl or cyclic N) is 1. The van der Waals surface area contributed by atoms with Crippen LogP contribution in [0.25, 0.3) is 11.1 Å². The molecule has 0 unspecified atom stereocenters. The van der Waals surface area contributed by atoms with E-state index < -0.39 is 5.60 Å². The van der Waals surface area contributed by atoms with E-state index in [4.69, 9.17) is 5.73 Å². The van der Waals surface area contributed by atoms with Crippen LogP contribution < -0.4 is 5.73 Å². The largest absolute Gasteiger partial charge is 0.387 e. The molecule has 1 amide bonds. The van der Waals surface area contributed by atoms with Gasteiger partial charge in [-0.25, -0.2) is 9.97 Å². The summed E-state index contributed by atoms with van der Waals surface area (Å²) in [6.45, 7) is 1.58. The van der Waals surface area contributed by atoms with E-state index in [0.717, 1.165) is 17.5 Å². The molecule has 138 valence electrons. The van der Waals surface area contributed by atoms with E-state index in [-0.39, 0.29) is 11.9 Å². The third-order valence-electron chi connectivity index (χ3n) is 4.59.